The lowest BCUT2D eigenvalue weighted by molar-refractivity contribution is -0.140. The zero-order valence-electron chi connectivity index (χ0n) is 7.07. The van der Waals surface area contributed by atoms with Crippen molar-refractivity contribution in [2.75, 3.05) is 20.2 Å². The molecule has 1 heterocycles. The van der Waals surface area contributed by atoms with E-state index >= 15 is 0 Å². The van der Waals surface area contributed by atoms with Gasteiger partial charge in [-0.15, -0.1) is 0 Å². The quantitative estimate of drug-likeness (QED) is 0.399. The topological polar surface area (TPSA) is 55.8 Å². The van der Waals surface area contributed by atoms with Crippen LogP contribution in [0.4, 0.5) is 0 Å². The van der Waals surface area contributed by atoms with Crippen LogP contribution in [0.3, 0.4) is 0 Å². The number of nitrogens with zero attached hydrogens (tertiary/aromatic N) is 1. The molecule has 6 heteroatoms. The highest BCUT2D eigenvalue weighted by Crippen LogP contribution is 2.06. The Hall–Kier alpha value is -1.04. The summed E-state index contributed by atoms with van der Waals surface area (Å²) in [5.74, 6) is -0.661. The van der Waals surface area contributed by atoms with Crippen molar-refractivity contribution in [1.29, 1.82) is 0 Å². The molecule has 0 N–H and O–H groups in total. The highest BCUT2D eigenvalue weighted by atomic mass is 16.5. The summed E-state index contributed by atoms with van der Waals surface area (Å²) in [4.78, 5) is 23.1. The van der Waals surface area contributed by atoms with E-state index in [0.29, 0.717) is 0 Å². The number of ether oxygens (including phenoxy) is 1. The molecule has 0 saturated carbocycles. The van der Waals surface area contributed by atoms with Crippen molar-refractivity contribution in [3.63, 3.8) is 0 Å². The Bertz CT molecular complexity index is 208. The fourth-order valence-electron chi connectivity index (χ4n) is 1.01. The third kappa shape index (κ3) is 1.98. The summed E-state index contributed by atoms with van der Waals surface area (Å²) in [6.45, 7) is 1.98. The van der Waals surface area contributed by atoms with Crippen LogP contribution in [0, 0.1) is 0 Å². The normalized spacial score (nSPS) is 17.8. The lowest BCUT2D eigenvalue weighted by Crippen LogP contribution is -2.36. The minimum atomic E-state index is -0.361. The molecule has 0 bridgehead atoms. The van der Waals surface area contributed by atoms with Gasteiger partial charge in [0.2, 0.25) is 0 Å². The Balaban J connectivity index is 2.42. The van der Waals surface area contributed by atoms with Crippen LogP contribution in [0.25, 0.3) is 0 Å². The van der Waals surface area contributed by atoms with E-state index in [1.54, 1.807) is 11.6 Å². The molecule has 0 atom stereocenters. The Morgan fingerprint density at radius 3 is 2.92 bits per heavy atom. The maximum absolute atomic E-state index is 10.8. The number of hydrogen-bond acceptors (Lipinski definition) is 5. The van der Waals surface area contributed by atoms with E-state index in [4.69, 9.17) is 4.65 Å². The van der Waals surface area contributed by atoms with Gasteiger partial charge in [-0.05, 0) is 6.82 Å². The number of methoxy groups -OCH3 is 1. The SMILES string of the molecule is COC(=O)CN1CC(=O)OB1C. The first-order valence-corrected chi connectivity index (χ1v) is 3.64. The lowest BCUT2D eigenvalue weighted by Gasteiger charge is -2.11. The molecule has 0 spiro atoms. The van der Waals surface area contributed by atoms with Crippen molar-refractivity contribution in [2.24, 2.45) is 0 Å². The number of hydrogen-bond donors (Lipinski definition) is 0. The first-order valence-electron chi connectivity index (χ1n) is 3.64. The molecule has 1 rings (SSSR count). The molecular formula is C6H10BNO4. The Morgan fingerprint density at radius 1 is 1.83 bits per heavy atom. The summed E-state index contributed by atoms with van der Waals surface area (Å²) >= 11 is 0. The predicted octanol–water partition coefficient (Wildman–Crippen LogP) is -0.864. The van der Waals surface area contributed by atoms with Gasteiger partial charge < -0.3 is 9.39 Å². The largest absolute Gasteiger partial charge is 0.519 e. The Kier molecular flexibility index (Phi) is 2.70. The molecule has 1 aliphatic rings. The molecule has 0 amide bonds. The molecule has 1 saturated heterocycles. The van der Waals surface area contributed by atoms with E-state index in [2.05, 4.69) is 4.74 Å². The van der Waals surface area contributed by atoms with E-state index in [1.807, 2.05) is 0 Å². The van der Waals surface area contributed by atoms with Crippen molar-refractivity contribution >= 4 is 19.0 Å². The zero-order valence-corrected chi connectivity index (χ0v) is 7.07. The van der Waals surface area contributed by atoms with Gasteiger partial charge in [0.1, 0.15) is 0 Å². The van der Waals surface area contributed by atoms with E-state index in [9.17, 15) is 9.59 Å². The van der Waals surface area contributed by atoms with Gasteiger partial charge in [0.25, 0.3) is 0 Å². The van der Waals surface area contributed by atoms with Crippen LogP contribution in [0.5, 0.6) is 0 Å². The van der Waals surface area contributed by atoms with Crippen LogP contribution in [-0.2, 0) is 19.0 Å². The van der Waals surface area contributed by atoms with Crippen molar-refractivity contribution < 1.29 is 19.0 Å². The first-order chi connectivity index (χ1) is 5.63. The van der Waals surface area contributed by atoms with Crippen molar-refractivity contribution in [1.82, 2.24) is 4.81 Å². The first kappa shape index (κ1) is 9.06. The average Bonchev–Trinajstić information content (AvgIpc) is 2.30. The summed E-state index contributed by atoms with van der Waals surface area (Å²) in [6.07, 6.45) is 0. The second-order valence-corrected chi connectivity index (χ2v) is 2.57. The van der Waals surface area contributed by atoms with Gasteiger partial charge in [0.05, 0.1) is 20.2 Å². The maximum Gasteiger partial charge on any atom is 0.449 e. The molecule has 5 nitrogen and oxygen atoms in total. The minimum Gasteiger partial charge on any atom is -0.519 e. The third-order valence-electron chi connectivity index (χ3n) is 1.71. The number of carbonyl (C=O) groups excluding carboxylic acids is 2. The fraction of sp³-hybridized carbons (Fsp3) is 0.667. The smallest absolute Gasteiger partial charge is 0.449 e. The fourth-order valence-corrected chi connectivity index (χ4v) is 1.01. The molecule has 12 heavy (non-hydrogen) atoms. The van der Waals surface area contributed by atoms with E-state index in [1.165, 1.54) is 7.11 Å². The Morgan fingerprint density at radius 2 is 2.50 bits per heavy atom. The lowest BCUT2D eigenvalue weighted by atomic mass is 9.86. The number of esters is 1. The van der Waals surface area contributed by atoms with Gasteiger partial charge in [0.15, 0.2) is 0 Å². The van der Waals surface area contributed by atoms with E-state index < -0.39 is 0 Å². The highest BCUT2D eigenvalue weighted by Gasteiger charge is 2.34. The van der Waals surface area contributed by atoms with Crippen molar-refractivity contribution in [2.45, 2.75) is 6.82 Å². The maximum atomic E-state index is 10.8. The van der Waals surface area contributed by atoms with Crippen LogP contribution in [0.15, 0.2) is 0 Å². The Labute approximate surface area is 70.7 Å². The summed E-state index contributed by atoms with van der Waals surface area (Å²) in [7, 11) is 0.989. The van der Waals surface area contributed by atoms with Gasteiger partial charge in [0, 0.05) is 0 Å². The molecule has 1 fully saturated rings. The monoisotopic (exact) mass is 171 g/mol. The van der Waals surface area contributed by atoms with Crippen molar-refractivity contribution in [3.8, 4) is 0 Å². The average molecular weight is 171 g/mol. The summed E-state index contributed by atoms with van der Waals surface area (Å²) in [6, 6.07) is 0. The molecule has 0 aromatic heterocycles. The summed E-state index contributed by atoms with van der Waals surface area (Å²) in [5.41, 5.74) is 0. The molecule has 0 aromatic carbocycles. The van der Waals surface area contributed by atoms with Gasteiger partial charge in [-0.2, -0.15) is 0 Å². The van der Waals surface area contributed by atoms with Crippen LogP contribution in [0.2, 0.25) is 6.82 Å². The van der Waals surface area contributed by atoms with Crippen LogP contribution in [-0.4, -0.2) is 44.0 Å². The highest BCUT2D eigenvalue weighted by molar-refractivity contribution is 6.51. The molecular weight excluding hydrogens is 161 g/mol. The standard InChI is InChI=1S/C6H10BNO4/c1-7-8(3-5(9)11-2)4-6(10)12-7/h3-4H2,1-2H3. The van der Waals surface area contributed by atoms with Crippen LogP contribution < -0.4 is 0 Å². The van der Waals surface area contributed by atoms with Gasteiger partial charge >= 0.3 is 19.0 Å². The molecule has 0 aliphatic carbocycles. The van der Waals surface area contributed by atoms with Crippen LogP contribution in [0.1, 0.15) is 0 Å². The minimum absolute atomic E-state index is 0.101. The molecule has 0 unspecified atom stereocenters. The molecule has 66 valence electrons. The van der Waals surface area contributed by atoms with Gasteiger partial charge in [-0.1, -0.05) is 0 Å². The van der Waals surface area contributed by atoms with E-state index in [-0.39, 0.29) is 32.1 Å². The second-order valence-electron chi connectivity index (χ2n) is 2.57. The van der Waals surface area contributed by atoms with Gasteiger partial charge in [-0.3, -0.25) is 14.4 Å². The zero-order chi connectivity index (χ0) is 9.14. The van der Waals surface area contributed by atoms with Crippen LogP contribution >= 0.6 is 0 Å². The number of carbonyl (C=O) groups is 2. The predicted molar refractivity (Wildman–Crippen MR) is 41.3 cm³/mol. The summed E-state index contributed by atoms with van der Waals surface area (Å²) < 4.78 is 9.25. The second kappa shape index (κ2) is 3.58. The molecule has 1 aliphatic heterocycles. The molecule has 0 aromatic rings. The number of rotatable bonds is 2. The third-order valence-corrected chi connectivity index (χ3v) is 1.71. The van der Waals surface area contributed by atoms with E-state index in [0.717, 1.165) is 0 Å². The molecule has 0 radical (unpaired) electrons. The van der Waals surface area contributed by atoms with Gasteiger partial charge in [-0.25, -0.2) is 0 Å². The van der Waals surface area contributed by atoms with Crippen molar-refractivity contribution in [3.05, 3.63) is 0 Å². The summed E-state index contributed by atoms with van der Waals surface area (Å²) in [5, 5.41) is 0.